The van der Waals surface area contributed by atoms with Crippen molar-refractivity contribution in [2.24, 2.45) is 5.92 Å². The van der Waals surface area contributed by atoms with Crippen LogP contribution in [0.5, 0.6) is 0 Å². The third kappa shape index (κ3) is 4.74. The van der Waals surface area contributed by atoms with Gasteiger partial charge in [0, 0.05) is 44.3 Å². The highest BCUT2D eigenvalue weighted by atomic mass is 35.5. The van der Waals surface area contributed by atoms with Gasteiger partial charge in [0.05, 0.1) is 19.8 Å². The lowest BCUT2D eigenvalue weighted by atomic mass is 9.91. The molecule has 4 aliphatic rings. The fraction of sp³-hybridized carbons (Fsp3) is 0.625. The van der Waals surface area contributed by atoms with Crippen molar-refractivity contribution in [1.82, 2.24) is 24.7 Å². The van der Waals surface area contributed by atoms with E-state index in [1.807, 2.05) is 17.1 Å². The summed E-state index contributed by atoms with van der Waals surface area (Å²) in [6, 6.07) is 7.10. The smallest absolute Gasteiger partial charge is 0.342 e. The van der Waals surface area contributed by atoms with Crippen molar-refractivity contribution in [2.45, 2.75) is 31.7 Å². The first-order valence-corrected chi connectivity index (χ1v) is 12.6. The molecule has 0 N–H and O–H groups in total. The summed E-state index contributed by atoms with van der Waals surface area (Å²) in [7, 11) is 0. The summed E-state index contributed by atoms with van der Waals surface area (Å²) in [5.74, 6) is 0.369. The summed E-state index contributed by atoms with van der Waals surface area (Å²) in [5, 5.41) is 4.01. The molecule has 0 spiro atoms. The Morgan fingerprint density at radius 1 is 0.941 bits per heavy atom. The zero-order valence-electron chi connectivity index (χ0n) is 19.4. The van der Waals surface area contributed by atoms with Gasteiger partial charge < -0.3 is 19.4 Å². The molecule has 5 amide bonds. The van der Waals surface area contributed by atoms with E-state index < -0.39 is 6.04 Å². The number of halogens is 1. The predicted molar refractivity (Wildman–Crippen MR) is 126 cm³/mol. The van der Waals surface area contributed by atoms with Gasteiger partial charge in [-0.3, -0.25) is 4.79 Å². The minimum Gasteiger partial charge on any atom is -0.378 e. The van der Waals surface area contributed by atoms with E-state index in [2.05, 4.69) is 12.1 Å². The van der Waals surface area contributed by atoms with Gasteiger partial charge in [0.2, 0.25) is 0 Å². The van der Waals surface area contributed by atoms with Gasteiger partial charge in [0.1, 0.15) is 6.04 Å². The van der Waals surface area contributed by atoms with E-state index in [9.17, 15) is 14.4 Å². The van der Waals surface area contributed by atoms with Gasteiger partial charge in [-0.15, -0.1) is 0 Å². The van der Waals surface area contributed by atoms with Crippen LogP contribution in [-0.2, 0) is 16.0 Å². The number of hydrogen-bond acceptors (Lipinski definition) is 5. The summed E-state index contributed by atoms with van der Waals surface area (Å²) in [4.78, 5) is 44.3. The van der Waals surface area contributed by atoms with Gasteiger partial charge in [0.25, 0.3) is 5.91 Å². The number of fused-ring (bicyclic) bond motifs is 1. The quantitative estimate of drug-likeness (QED) is 0.606. The molecule has 1 atom stereocenters. The number of benzene rings is 1. The van der Waals surface area contributed by atoms with E-state index in [4.69, 9.17) is 16.3 Å². The second-order valence-corrected chi connectivity index (χ2v) is 9.97. The molecular formula is C24H32ClN5O4. The largest absolute Gasteiger partial charge is 0.378 e. The lowest BCUT2D eigenvalue weighted by molar-refractivity contribution is -0.142. The molecule has 0 aliphatic carbocycles. The highest BCUT2D eigenvalue weighted by Crippen LogP contribution is 2.29. The van der Waals surface area contributed by atoms with Crippen LogP contribution < -0.4 is 0 Å². The van der Waals surface area contributed by atoms with Crippen LogP contribution in [0.3, 0.4) is 0 Å². The SMILES string of the molecule is O=C(N1CCOCC1)N1CCN2C(=O)N(N3CCC(CCc4ccc(Cl)cc4)CC3)C(=O)C2C1. The summed E-state index contributed by atoms with van der Waals surface area (Å²) in [6.07, 6.45) is 4.00. The first-order valence-electron chi connectivity index (χ1n) is 12.3. The van der Waals surface area contributed by atoms with Crippen molar-refractivity contribution in [1.29, 1.82) is 0 Å². The Bertz CT molecular complexity index is 914. The molecule has 0 bridgehead atoms. The second kappa shape index (κ2) is 10.1. The number of ether oxygens (including phenoxy) is 1. The number of aryl methyl sites for hydroxylation is 1. The molecule has 9 nitrogen and oxygen atoms in total. The van der Waals surface area contributed by atoms with Crippen LogP contribution in [-0.4, -0.2) is 108 Å². The summed E-state index contributed by atoms with van der Waals surface area (Å²) >= 11 is 5.97. The van der Waals surface area contributed by atoms with E-state index in [1.54, 1.807) is 14.7 Å². The van der Waals surface area contributed by atoms with Gasteiger partial charge >= 0.3 is 12.1 Å². The number of rotatable bonds is 4. The average molecular weight is 490 g/mol. The third-order valence-corrected chi connectivity index (χ3v) is 7.73. The van der Waals surface area contributed by atoms with Crippen LogP contribution in [0.4, 0.5) is 9.59 Å². The minimum absolute atomic E-state index is 0.0665. The number of piperidine rings is 1. The molecule has 0 aromatic heterocycles. The van der Waals surface area contributed by atoms with Crippen LogP contribution >= 0.6 is 11.6 Å². The molecule has 5 rings (SSSR count). The average Bonchev–Trinajstić information content (AvgIpc) is 3.13. The maximum atomic E-state index is 13.3. The number of imide groups is 1. The van der Waals surface area contributed by atoms with Gasteiger partial charge in [-0.2, -0.15) is 5.01 Å². The molecule has 0 saturated carbocycles. The summed E-state index contributed by atoms with van der Waals surface area (Å²) in [5.41, 5.74) is 1.28. The fourth-order valence-corrected chi connectivity index (χ4v) is 5.52. The second-order valence-electron chi connectivity index (χ2n) is 9.53. The Morgan fingerprint density at radius 2 is 1.65 bits per heavy atom. The number of carbonyl (C=O) groups excluding carboxylic acids is 3. The van der Waals surface area contributed by atoms with Crippen molar-refractivity contribution in [3.8, 4) is 0 Å². The Balaban J connectivity index is 1.14. The molecule has 1 unspecified atom stereocenters. The van der Waals surface area contributed by atoms with Gasteiger partial charge in [0.15, 0.2) is 0 Å². The maximum absolute atomic E-state index is 13.3. The number of amides is 5. The maximum Gasteiger partial charge on any atom is 0.342 e. The molecule has 0 radical (unpaired) electrons. The van der Waals surface area contributed by atoms with Crippen LogP contribution in [0.15, 0.2) is 24.3 Å². The lowest BCUT2D eigenvalue weighted by Crippen LogP contribution is -2.58. The number of hydrogen-bond donors (Lipinski definition) is 0. The fourth-order valence-electron chi connectivity index (χ4n) is 5.40. The standard InChI is InChI=1S/C24H32ClN5O4/c25-20-5-3-18(4-6-20)1-2-19-7-9-28(10-8-19)30-22(31)21-17-27(11-12-29(21)24(30)33)23(32)26-13-15-34-16-14-26/h3-6,19,21H,1-2,7-17H2. The molecule has 1 aromatic carbocycles. The highest BCUT2D eigenvalue weighted by Gasteiger charge is 2.51. The van der Waals surface area contributed by atoms with E-state index in [0.29, 0.717) is 58.4 Å². The molecule has 184 valence electrons. The Morgan fingerprint density at radius 3 is 2.35 bits per heavy atom. The summed E-state index contributed by atoms with van der Waals surface area (Å²) < 4.78 is 5.33. The Labute approximate surface area is 205 Å². The zero-order chi connectivity index (χ0) is 23.7. The molecule has 4 heterocycles. The zero-order valence-corrected chi connectivity index (χ0v) is 20.2. The predicted octanol–water partition coefficient (Wildman–Crippen LogP) is 2.30. The van der Waals surface area contributed by atoms with Gasteiger partial charge in [-0.05, 0) is 49.3 Å². The normalized spacial score (nSPS) is 24.7. The van der Waals surface area contributed by atoms with E-state index in [-0.39, 0.29) is 24.5 Å². The first kappa shape index (κ1) is 23.4. The number of carbonyl (C=O) groups is 3. The molecule has 4 saturated heterocycles. The highest BCUT2D eigenvalue weighted by molar-refractivity contribution is 6.30. The van der Waals surface area contributed by atoms with E-state index in [0.717, 1.165) is 30.7 Å². The number of hydrazine groups is 1. The third-order valence-electron chi connectivity index (χ3n) is 7.48. The van der Waals surface area contributed by atoms with Gasteiger partial charge in [-0.1, -0.05) is 23.7 Å². The van der Waals surface area contributed by atoms with Crippen LogP contribution in [0.25, 0.3) is 0 Å². The van der Waals surface area contributed by atoms with Crippen molar-refractivity contribution in [3.05, 3.63) is 34.9 Å². The summed E-state index contributed by atoms with van der Waals surface area (Å²) in [6.45, 7) is 4.69. The van der Waals surface area contributed by atoms with Crippen LogP contribution in [0, 0.1) is 5.92 Å². The Kier molecular flexibility index (Phi) is 6.94. The molecule has 4 aliphatic heterocycles. The molecular weight excluding hydrogens is 458 g/mol. The Hall–Kier alpha value is -2.36. The topological polar surface area (TPSA) is 76.6 Å². The van der Waals surface area contributed by atoms with Crippen molar-refractivity contribution >= 4 is 29.6 Å². The molecule has 1 aromatic rings. The number of nitrogens with zero attached hydrogens (tertiary/aromatic N) is 5. The van der Waals surface area contributed by atoms with Crippen molar-refractivity contribution < 1.29 is 19.1 Å². The van der Waals surface area contributed by atoms with E-state index >= 15 is 0 Å². The van der Waals surface area contributed by atoms with Crippen LogP contribution in [0.1, 0.15) is 24.8 Å². The monoisotopic (exact) mass is 489 g/mol. The first-order chi connectivity index (χ1) is 16.5. The number of urea groups is 2. The molecule has 10 heteroatoms. The molecule has 34 heavy (non-hydrogen) atoms. The lowest BCUT2D eigenvalue weighted by Gasteiger charge is -2.39. The van der Waals surface area contributed by atoms with Crippen molar-refractivity contribution in [2.75, 3.05) is 59.0 Å². The molecule has 4 fully saturated rings. The van der Waals surface area contributed by atoms with E-state index in [1.165, 1.54) is 10.6 Å². The van der Waals surface area contributed by atoms with Gasteiger partial charge in [-0.25, -0.2) is 14.6 Å². The van der Waals surface area contributed by atoms with Crippen molar-refractivity contribution in [3.63, 3.8) is 0 Å². The minimum atomic E-state index is -0.589. The number of morpholine rings is 1. The van der Waals surface area contributed by atoms with Crippen LogP contribution in [0.2, 0.25) is 5.02 Å². The number of piperazine rings is 1.